The predicted molar refractivity (Wildman–Crippen MR) is 75.0 cm³/mol. The van der Waals surface area contributed by atoms with Crippen molar-refractivity contribution in [1.82, 2.24) is 10.6 Å². The molecule has 0 aliphatic rings. The van der Waals surface area contributed by atoms with Gasteiger partial charge >= 0.3 is 5.97 Å². The molecule has 2 amide bonds. The summed E-state index contributed by atoms with van der Waals surface area (Å²) in [6.07, 6.45) is 3.24. The van der Waals surface area contributed by atoms with Crippen LogP contribution in [-0.4, -0.2) is 41.5 Å². The van der Waals surface area contributed by atoms with E-state index in [1.165, 1.54) is 6.92 Å². The van der Waals surface area contributed by atoms with Gasteiger partial charge < -0.3 is 21.5 Å². The summed E-state index contributed by atoms with van der Waals surface area (Å²) in [5.41, 5.74) is 5.66. The van der Waals surface area contributed by atoms with Gasteiger partial charge in [0.1, 0.15) is 6.04 Å². The predicted octanol–water partition coefficient (Wildman–Crippen LogP) is -0.0104. The third-order valence-electron chi connectivity index (χ3n) is 2.81. The Labute approximate surface area is 119 Å². The van der Waals surface area contributed by atoms with E-state index in [9.17, 15) is 14.4 Å². The molecule has 0 bridgehead atoms. The maximum Gasteiger partial charge on any atom is 0.325 e. The molecule has 0 aliphatic heterocycles. The number of carbonyl (C=O) groups is 3. The molecule has 0 aromatic heterocycles. The van der Waals surface area contributed by atoms with E-state index in [2.05, 4.69) is 10.6 Å². The van der Waals surface area contributed by atoms with Crippen LogP contribution in [0, 0.1) is 0 Å². The number of unbranched alkanes of at least 4 members (excludes halogenated alkanes) is 1. The van der Waals surface area contributed by atoms with Gasteiger partial charge in [0.15, 0.2) is 0 Å². The fraction of sp³-hybridized carbons (Fsp3) is 0.769. The van der Waals surface area contributed by atoms with E-state index in [1.54, 1.807) is 0 Å². The molecule has 0 heterocycles. The molecule has 116 valence electrons. The normalized spacial score (nSPS) is 13.3. The van der Waals surface area contributed by atoms with E-state index in [4.69, 9.17) is 10.8 Å². The zero-order valence-corrected chi connectivity index (χ0v) is 12.1. The second-order valence-electron chi connectivity index (χ2n) is 4.77. The Balaban J connectivity index is 3.72. The van der Waals surface area contributed by atoms with Crippen molar-refractivity contribution in [2.24, 2.45) is 5.73 Å². The van der Waals surface area contributed by atoms with Crippen molar-refractivity contribution < 1.29 is 19.5 Å². The Morgan fingerprint density at radius 2 is 1.90 bits per heavy atom. The lowest BCUT2D eigenvalue weighted by molar-refractivity contribution is -0.141. The molecular weight excluding hydrogens is 262 g/mol. The molecule has 0 spiro atoms. The highest BCUT2D eigenvalue weighted by Crippen LogP contribution is 1.99. The second kappa shape index (κ2) is 10.2. The lowest BCUT2D eigenvalue weighted by Gasteiger charge is -2.14. The monoisotopic (exact) mass is 287 g/mol. The van der Waals surface area contributed by atoms with Crippen LogP contribution in [0.25, 0.3) is 0 Å². The molecule has 0 aromatic rings. The molecule has 0 saturated carbocycles. The van der Waals surface area contributed by atoms with Crippen molar-refractivity contribution in [3.8, 4) is 0 Å². The topological polar surface area (TPSA) is 122 Å². The standard InChI is InChI=1S/C13H25N3O4/c1-3-6-11(17)15-8-5-4-7-10(14)12(18)16-9(2)13(19)20/h9-10H,3-8,14H2,1-2H3,(H,15,17)(H,16,18)(H,19,20)/t9-,10-/m0/s1. The summed E-state index contributed by atoms with van der Waals surface area (Å²) in [6.45, 7) is 3.89. The summed E-state index contributed by atoms with van der Waals surface area (Å²) >= 11 is 0. The van der Waals surface area contributed by atoms with Crippen LogP contribution < -0.4 is 16.4 Å². The minimum absolute atomic E-state index is 0.0322. The number of rotatable bonds is 10. The lowest BCUT2D eigenvalue weighted by Crippen LogP contribution is -2.47. The summed E-state index contributed by atoms with van der Waals surface area (Å²) < 4.78 is 0. The van der Waals surface area contributed by atoms with Crippen LogP contribution in [0.5, 0.6) is 0 Å². The van der Waals surface area contributed by atoms with Gasteiger partial charge in [-0.25, -0.2) is 0 Å². The van der Waals surface area contributed by atoms with Gasteiger partial charge in [0.05, 0.1) is 6.04 Å². The lowest BCUT2D eigenvalue weighted by atomic mass is 10.1. The highest BCUT2D eigenvalue weighted by molar-refractivity contribution is 5.86. The minimum atomic E-state index is -1.09. The molecule has 0 aromatic carbocycles. The van der Waals surface area contributed by atoms with Gasteiger partial charge in [-0.2, -0.15) is 0 Å². The van der Waals surface area contributed by atoms with Gasteiger partial charge in [0, 0.05) is 13.0 Å². The Kier molecular flexibility index (Phi) is 9.36. The van der Waals surface area contributed by atoms with Crippen LogP contribution in [0.2, 0.25) is 0 Å². The number of carboxylic acid groups (broad SMARTS) is 1. The smallest absolute Gasteiger partial charge is 0.325 e. The summed E-state index contributed by atoms with van der Waals surface area (Å²) in [5, 5.41) is 13.8. The number of aliphatic carboxylic acids is 1. The van der Waals surface area contributed by atoms with Crippen molar-refractivity contribution in [3.05, 3.63) is 0 Å². The van der Waals surface area contributed by atoms with Crippen LogP contribution in [0.1, 0.15) is 46.0 Å². The van der Waals surface area contributed by atoms with E-state index < -0.39 is 24.0 Å². The van der Waals surface area contributed by atoms with Gasteiger partial charge in [0.2, 0.25) is 11.8 Å². The molecule has 0 unspecified atom stereocenters. The Morgan fingerprint density at radius 1 is 1.25 bits per heavy atom. The third-order valence-corrected chi connectivity index (χ3v) is 2.81. The van der Waals surface area contributed by atoms with Crippen molar-refractivity contribution in [2.45, 2.75) is 58.0 Å². The fourth-order valence-corrected chi connectivity index (χ4v) is 1.55. The fourth-order valence-electron chi connectivity index (χ4n) is 1.55. The molecule has 2 atom stereocenters. The van der Waals surface area contributed by atoms with E-state index in [0.29, 0.717) is 25.8 Å². The number of amides is 2. The van der Waals surface area contributed by atoms with Gasteiger partial charge in [-0.15, -0.1) is 0 Å². The molecule has 7 heteroatoms. The van der Waals surface area contributed by atoms with Crippen molar-refractivity contribution in [2.75, 3.05) is 6.54 Å². The number of hydrogen-bond donors (Lipinski definition) is 4. The summed E-state index contributed by atoms with van der Waals surface area (Å²) in [4.78, 5) is 33.3. The van der Waals surface area contributed by atoms with Crippen LogP contribution in [0.15, 0.2) is 0 Å². The first-order valence-corrected chi connectivity index (χ1v) is 6.94. The second-order valence-corrected chi connectivity index (χ2v) is 4.77. The van der Waals surface area contributed by atoms with Crippen LogP contribution >= 0.6 is 0 Å². The average Bonchev–Trinajstić information content (AvgIpc) is 2.38. The number of carbonyl (C=O) groups excluding carboxylic acids is 2. The number of hydrogen-bond acceptors (Lipinski definition) is 4. The maximum absolute atomic E-state index is 11.5. The molecule has 0 fully saturated rings. The third kappa shape index (κ3) is 8.47. The molecule has 5 N–H and O–H groups in total. The van der Waals surface area contributed by atoms with E-state index in [-0.39, 0.29) is 5.91 Å². The van der Waals surface area contributed by atoms with Gasteiger partial charge in [-0.3, -0.25) is 14.4 Å². The average molecular weight is 287 g/mol. The Bertz CT molecular complexity index is 334. The van der Waals surface area contributed by atoms with E-state index >= 15 is 0 Å². The first-order valence-electron chi connectivity index (χ1n) is 6.94. The maximum atomic E-state index is 11.5. The number of carboxylic acids is 1. The summed E-state index contributed by atoms with van der Waals surface area (Å²) in [7, 11) is 0. The summed E-state index contributed by atoms with van der Waals surface area (Å²) in [6, 6.07) is -1.66. The van der Waals surface area contributed by atoms with Crippen molar-refractivity contribution >= 4 is 17.8 Å². The molecule has 0 radical (unpaired) electrons. The number of nitrogens with two attached hydrogens (primary N) is 1. The summed E-state index contributed by atoms with van der Waals surface area (Å²) in [5.74, 6) is -1.52. The SMILES string of the molecule is CCCC(=O)NCCCC[C@H](N)C(=O)N[C@@H](C)C(=O)O. The highest BCUT2D eigenvalue weighted by Gasteiger charge is 2.18. The van der Waals surface area contributed by atoms with Crippen LogP contribution in [-0.2, 0) is 14.4 Å². The van der Waals surface area contributed by atoms with Gasteiger partial charge in [-0.05, 0) is 32.6 Å². The highest BCUT2D eigenvalue weighted by atomic mass is 16.4. The van der Waals surface area contributed by atoms with E-state index in [0.717, 1.165) is 12.8 Å². The number of nitrogens with one attached hydrogen (secondary N) is 2. The molecule has 0 saturated heterocycles. The Morgan fingerprint density at radius 3 is 2.45 bits per heavy atom. The van der Waals surface area contributed by atoms with Gasteiger partial charge in [-0.1, -0.05) is 6.92 Å². The molecular formula is C13H25N3O4. The first kappa shape index (κ1) is 18.4. The van der Waals surface area contributed by atoms with Crippen molar-refractivity contribution in [1.29, 1.82) is 0 Å². The zero-order valence-electron chi connectivity index (χ0n) is 12.1. The molecule has 7 nitrogen and oxygen atoms in total. The zero-order chi connectivity index (χ0) is 15.5. The van der Waals surface area contributed by atoms with Crippen molar-refractivity contribution in [3.63, 3.8) is 0 Å². The van der Waals surface area contributed by atoms with Crippen LogP contribution in [0.4, 0.5) is 0 Å². The molecule has 0 aliphatic carbocycles. The first-order chi connectivity index (χ1) is 9.38. The quantitative estimate of drug-likeness (QED) is 0.421. The minimum Gasteiger partial charge on any atom is -0.480 e. The van der Waals surface area contributed by atoms with Gasteiger partial charge in [0.25, 0.3) is 0 Å². The van der Waals surface area contributed by atoms with Crippen LogP contribution in [0.3, 0.4) is 0 Å². The van der Waals surface area contributed by atoms with E-state index in [1.807, 2.05) is 6.92 Å². The largest absolute Gasteiger partial charge is 0.480 e. The Hall–Kier alpha value is -1.63. The molecule has 20 heavy (non-hydrogen) atoms. The molecule has 0 rings (SSSR count).